The van der Waals surface area contributed by atoms with E-state index in [1.165, 1.54) is 4.88 Å². The first-order valence-electron chi connectivity index (χ1n) is 5.73. The third kappa shape index (κ3) is 3.11. The predicted molar refractivity (Wildman–Crippen MR) is 74.7 cm³/mol. The number of hydrogen-bond acceptors (Lipinski definition) is 3. The van der Waals surface area contributed by atoms with Gasteiger partial charge in [-0.05, 0) is 36.1 Å². The topological polar surface area (TPSA) is 40.5 Å². The first-order valence-corrected chi connectivity index (χ1v) is 6.61. The van der Waals surface area contributed by atoms with E-state index in [2.05, 4.69) is 16.3 Å². The number of hydrogen-bond donors (Lipinski definition) is 1. The van der Waals surface area contributed by atoms with Crippen molar-refractivity contribution in [1.82, 2.24) is 0 Å². The second-order valence-corrected chi connectivity index (χ2v) is 5.14. The minimum absolute atomic E-state index is 0.329. The molecule has 4 heteroatoms. The molecule has 0 aliphatic heterocycles. The van der Waals surface area contributed by atoms with E-state index < -0.39 is 5.97 Å². The van der Waals surface area contributed by atoms with Gasteiger partial charge in [-0.2, -0.15) is 0 Å². The third-order valence-electron chi connectivity index (χ3n) is 2.81. The molecule has 1 aromatic carbocycles. The van der Waals surface area contributed by atoms with E-state index in [9.17, 15) is 4.79 Å². The Morgan fingerprint density at radius 1 is 1.33 bits per heavy atom. The van der Waals surface area contributed by atoms with Gasteiger partial charge in [-0.25, -0.2) is 4.79 Å². The van der Waals surface area contributed by atoms with Gasteiger partial charge in [0, 0.05) is 24.2 Å². The SMILES string of the molecule is CN(CCc1cccs1)c1cccc(C(=O)O)c1. The molecular formula is C14H15NO2S. The molecule has 94 valence electrons. The molecule has 0 saturated carbocycles. The molecule has 2 rings (SSSR count). The zero-order valence-corrected chi connectivity index (χ0v) is 11.0. The van der Waals surface area contributed by atoms with E-state index in [0.717, 1.165) is 18.7 Å². The van der Waals surface area contributed by atoms with Crippen LogP contribution < -0.4 is 4.90 Å². The Labute approximate surface area is 110 Å². The van der Waals surface area contributed by atoms with Gasteiger partial charge in [-0.1, -0.05) is 12.1 Å². The summed E-state index contributed by atoms with van der Waals surface area (Å²) in [6.45, 7) is 0.879. The summed E-state index contributed by atoms with van der Waals surface area (Å²) in [4.78, 5) is 14.3. The molecule has 3 nitrogen and oxygen atoms in total. The van der Waals surface area contributed by atoms with E-state index >= 15 is 0 Å². The predicted octanol–water partition coefficient (Wildman–Crippen LogP) is 3.13. The summed E-state index contributed by atoms with van der Waals surface area (Å²) in [6.07, 6.45) is 0.978. The molecule has 18 heavy (non-hydrogen) atoms. The number of thiophene rings is 1. The van der Waals surface area contributed by atoms with Gasteiger partial charge in [0.05, 0.1) is 5.56 Å². The number of likely N-dealkylation sites (N-methyl/N-ethyl adjacent to an activating group) is 1. The van der Waals surface area contributed by atoms with Crippen molar-refractivity contribution in [2.24, 2.45) is 0 Å². The second kappa shape index (κ2) is 5.69. The van der Waals surface area contributed by atoms with Crippen molar-refractivity contribution in [1.29, 1.82) is 0 Å². The lowest BCUT2D eigenvalue weighted by molar-refractivity contribution is 0.0697. The highest BCUT2D eigenvalue weighted by atomic mass is 32.1. The van der Waals surface area contributed by atoms with Crippen LogP contribution in [-0.4, -0.2) is 24.7 Å². The molecule has 0 radical (unpaired) electrons. The van der Waals surface area contributed by atoms with Crippen molar-refractivity contribution in [3.63, 3.8) is 0 Å². The zero-order valence-electron chi connectivity index (χ0n) is 10.2. The fourth-order valence-corrected chi connectivity index (χ4v) is 2.44. The highest BCUT2D eigenvalue weighted by Crippen LogP contribution is 2.16. The number of benzene rings is 1. The fourth-order valence-electron chi connectivity index (χ4n) is 1.74. The monoisotopic (exact) mass is 261 g/mol. The van der Waals surface area contributed by atoms with Gasteiger partial charge in [0.2, 0.25) is 0 Å². The largest absolute Gasteiger partial charge is 0.478 e. The van der Waals surface area contributed by atoms with Gasteiger partial charge >= 0.3 is 5.97 Å². The molecule has 2 aromatic rings. The lowest BCUT2D eigenvalue weighted by Crippen LogP contribution is -2.20. The van der Waals surface area contributed by atoms with Gasteiger partial charge in [0.25, 0.3) is 0 Å². The smallest absolute Gasteiger partial charge is 0.335 e. The van der Waals surface area contributed by atoms with Crippen LogP contribution >= 0.6 is 11.3 Å². The van der Waals surface area contributed by atoms with Crippen molar-refractivity contribution in [3.8, 4) is 0 Å². The lowest BCUT2D eigenvalue weighted by atomic mass is 10.2. The summed E-state index contributed by atoms with van der Waals surface area (Å²) in [5, 5.41) is 11.0. The molecule has 0 amide bonds. The van der Waals surface area contributed by atoms with Crippen molar-refractivity contribution >= 4 is 23.0 Å². The van der Waals surface area contributed by atoms with Crippen LogP contribution in [-0.2, 0) is 6.42 Å². The van der Waals surface area contributed by atoms with E-state index in [0.29, 0.717) is 5.56 Å². The maximum atomic E-state index is 10.9. The lowest BCUT2D eigenvalue weighted by Gasteiger charge is -2.19. The number of carboxylic acids is 1. The Kier molecular flexibility index (Phi) is 3.99. The zero-order chi connectivity index (χ0) is 13.0. The first-order chi connectivity index (χ1) is 8.66. The van der Waals surface area contributed by atoms with Crippen molar-refractivity contribution in [2.75, 3.05) is 18.5 Å². The van der Waals surface area contributed by atoms with Crippen LogP contribution in [0.4, 0.5) is 5.69 Å². The van der Waals surface area contributed by atoms with Crippen LogP contribution in [0.15, 0.2) is 41.8 Å². The third-order valence-corrected chi connectivity index (χ3v) is 3.74. The van der Waals surface area contributed by atoms with Crippen LogP contribution in [0.5, 0.6) is 0 Å². The Hall–Kier alpha value is -1.81. The van der Waals surface area contributed by atoms with Crippen molar-refractivity contribution in [2.45, 2.75) is 6.42 Å². The minimum atomic E-state index is -0.886. The Morgan fingerprint density at radius 3 is 2.83 bits per heavy atom. The summed E-state index contributed by atoms with van der Waals surface area (Å²) in [5.41, 5.74) is 1.27. The van der Waals surface area contributed by atoms with Crippen LogP contribution in [0.2, 0.25) is 0 Å². The molecule has 0 fully saturated rings. The summed E-state index contributed by atoms with van der Waals surface area (Å²) in [7, 11) is 1.98. The van der Waals surface area contributed by atoms with Gasteiger partial charge < -0.3 is 10.0 Å². The number of nitrogens with zero attached hydrogens (tertiary/aromatic N) is 1. The van der Waals surface area contributed by atoms with Gasteiger partial charge in [-0.3, -0.25) is 0 Å². The van der Waals surface area contributed by atoms with Crippen LogP contribution in [0.25, 0.3) is 0 Å². The van der Waals surface area contributed by atoms with Gasteiger partial charge in [0.1, 0.15) is 0 Å². The van der Waals surface area contributed by atoms with Gasteiger partial charge in [-0.15, -0.1) is 11.3 Å². The summed E-state index contributed by atoms with van der Waals surface area (Å²) < 4.78 is 0. The summed E-state index contributed by atoms with van der Waals surface area (Å²) >= 11 is 1.75. The van der Waals surface area contributed by atoms with E-state index in [-0.39, 0.29) is 0 Å². The maximum Gasteiger partial charge on any atom is 0.335 e. The number of carboxylic acid groups (broad SMARTS) is 1. The quantitative estimate of drug-likeness (QED) is 0.899. The molecule has 0 unspecified atom stereocenters. The van der Waals surface area contributed by atoms with E-state index in [1.54, 1.807) is 29.5 Å². The summed E-state index contributed by atoms with van der Waals surface area (Å²) in [5.74, 6) is -0.886. The second-order valence-electron chi connectivity index (χ2n) is 4.11. The standard InChI is InChI=1S/C14H15NO2S/c1-15(8-7-13-6-3-9-18-13)12-5-2-4-11(10-12)14(16)17/h2-6,9-10H,7-8H2,1H3,(H,16,17). The number of anilines is 1. The highest BCUT2D eigenvalue weighted by molar-refractivity contribution is 7.09. The molecule has 0 saturated heterocycles. The molecule has 0 aliphatic rings. The number of carbonyl (C=O) groups is 1. The average Bonchev–Trinajstić information content (AvgIpc) is 2.89. The fraction of sp³-hybridized carbons (Fsp3) is 0.214. The molecule has 0 spiro atoms. The van der Waals surface area contributed by atoms with Gasteiger partial charge in [0.15, 0.2) is 0 Å². The van der Waals surface area contributed by atoms with E-state index in [1.807, 2.05) is 19.2 Å². The normalized spacial score (nSPS) is 10.3. The van der Waals surface area contributed by atoms with Crippen LogP contribution in [0.3, 0.4) is 0 Å². The Balaban J connectivity index is 2.02. The average molecular weight is 261 g/mol. The molecular weight excluding hydrogens is 246 g/mol. The molecule has 0 bridgehead atoms. The van der Waals surface area contributed by atoms with Crippen molar-refractivity contribution in [3.05, 3.63) is 52.2 Å². The minimum Gasteiger partial charge on any atom is -0.478 e. The molecule has 0 aliphatic carbocycles. The maximum absolute atomic E-state index is 10.9. The Morgan fingerprint density at radius 2 is 2.17 bits per heavy atom. The van der Waals surface area contributed by atoms with E-state index in [4.69, 9.17) is 5.11 Å². The molecule has 1 aromatic heterocycles. The summed E-state index contributed by atoms with van der Waals surface area (Å²) in [6, 6.07) is 11.2. The highest BCUT2D eigenvalue weighted by Gasteiger charge is 2.06. The van der Waals surface area contributed by atoms with Crippen LogP contribution in [0.1, 0.15) is 15.2 Å². The number of aromatic carboxylic acids is 1. The first kappa shape index (κ1) is 12.6. The van der Waals surface area contributed by atoms with Crippen molar-refractivity contribution < 1.29 is 9.90 Å². The molecule has 1 heterocycles. The Bertz CT molecular complexity index is 522. The number of rotatable bonds is 5. The molecule has 0 atom stereocenters. The van der Waals surface area contributed by atoms with Crippen LogP contribution in [0, 0.1) is 0 Å². The molecule has 1 N–H and O–H groups in total.